The van der Waals surface area contributed by atoms with E-state index in [0.717, 1.165) is 24.3 Å². The quantitative estimate of drug-likeness (QED) is 0.490. The van der Waals surface area contributed by atoms with Crippen molar-refractivity contribution < 1.29 is 31.1 Å². The van der Waals surface area contributed by atoms with Crippen molar-refractivity contribution in [1.29, 1.82) is 0 Å². The number of urea groups is 1. The molecule has 0 bridgehead atoms. The van der Waals surface area contributed by atoms with Crippen LogP contribution in [0.5, 0.6) is 5.75 Å². The van der Waals surface area contributed by atoms with Crippen LogP contribution < -0.4 is 20.1 Å². The molecule has 162 valence electrons. The lowest BCUT2D eigenvalue weighted by atomic mass is 10.3. The zero-order chi connectivity index (χ0) is 22.5. The molecule has 0 atom stereocenters. The molecule has 0 saturated heterocycles. The van der Waals surface area contributed by atoms with Crippen LogP contribution in [-0.2, 0) is 10.0 Å². The fraction of sp³-hybridized carbons (Fsp3) is 0.0500. The molecule has 0 aliphatic rings. The molecule has 11 heteroatoms. The van der Waals surface area contributed by atoms with E-state index >= 15 is 0 Å². The first-order chi connectivity index (χ1) is 14.6. The molecule has 3 rings (SSSR count). The molecule has 31 heavy (non-hydrogen) atoms. The molecule has 3 aromatic rings. The second-order valence-electron chi connectivity index (χ2n) is 6.15. The Hall–Kier alpha value is -3.73. The molecule has 3 N–H and O–H groups in total. The van der Waals surface area contributed by atoms with Crippen molar-refractivity contribution in [2.24, 2.45) is 0 Å². The number of anilines is 3. The minimum Gasteiger partial charge on any atom is -0.406 e. The first-order valence-electron chi connectivity index (χ1n) is 8.72. The molecular weight excluding hydrogens is 435 g/mol. The van der Waals surface area contributed by atoms with Gasteiger partial charge in [0, 0.05) is 17.4 Å². The maximum atomic E-state index is 12.5. The number of carbonyl (C=O) groups is 1. The lowest BCUT2D eigenvalue weighted by Crippen LogP contribution is -2.19. The number of amides is 2. The molecule has 3 aromatic carbocycles. The summed E-state index contributed by atoms with van der Waals surface area (Å²) in [4.78, 5) is 11.7. The van der Waals surface area contributed by atoms with E-state index in [9.17, 15) is 26.4 Å². The van der Waals surface area contributed by atoms with Gasteiger partial charge in [0.25, 0.3) is 10.0 Å². The lowest BCUT2D eigenvalue weighted by molar-refractivity contribution is -0.274. The number of para-hydroxylation sites is 1. The maximum absolute atomic E-state index is 12.5. The molecule has 0 saturated carbocycles. The summed E-state index contributed by atoms with van der Waals surface area (Å²) < 4.78 is 68.2. The van der Waals surface area contributed by atoms with Gasteiger partial charge in [0.05, 0.1) is 10.6 Å². The minimum absolute atomic E-state index is 0.0969. The Kier molecular flexibility index (Phi) is 6.35. The Morgan fingerprint density at radius 1 is 0.774 bits per heavy atom. The summed E-state index contributed by atoms with van der Waals surface area (Å²) in [5, 5.41) is 5.18. The summed E-state index contributed by atoms with van der Waals surface area (Å²) in [5.41, 5.74) is 0.959. The van der Waals surface area contributed by atoms with Gasteiger partial charge in [0.2, 0.25) is 0 Å². The van der Waals surface area contributed by atoms with Crippen LogP contribution in [0.1, 0.15) is 0 Å². The van der Waals surface area contributed by atoms with E-state index in [1.165, 1.54) is 18.2 Å². The van der Waals surface area contributed by atoms with Crippen molar-refractivity contribution in [3.8, 4) is 5.75 Å². The van der Waals surface area contributed by atoms with Gasteiger partial charge in [-0.05, 0) is 42.5 Å². The molecular formula is C20H16F3N3O4S. The monoisotopic (exact) mass is 451 g/mol. The van der Waals surface area contributed by atoms with Crippen LogP contribution in [0, 0.1) is 0 Å². The molecule has 0 aromatic heterocycles. The Bertz CT molecular complexity index is 1170. The van der Waals surface area contributed by atoms with Crippen molar-refractivity contribution in [1.82, 2.24) is 0 Å². The third-order valence-electron chi connectivity index (χ3n) is 3.75. The van der Waals surface area contributed by atoms with Crippen molar-refractivity contribution >= 4 is 33.1 Å². The van der Waals surface area contributed by atoms with Crippen molar-refractivity contribution in [2.45, 2.75) is 11.3 Å². The second-order valence-corrected chi connectivity index (χ2v) is 7.84. The molecule has 0 spiro atoms. The normalized spacial score (nSPS) is 11.5. The molecule has 0 unspecified atom stereocenters. The van der Waals surface area contributed by atoms with E-state index in [-0.39, 0.29) is 5.69 Å². The number of benzene rings is 3. The summed E-state index contributed by atoms with van der Waals surface area (Å²) in [6.07, 6.45) is -4.95. The number of carbonyl (C=O) groups excluding carboxylic acids is 1. The average molecular weight is 451 g/mol. The molecule has 0 fully saturated rings. The number of halogens is 3. The van der Waals surface area contributed by atoms with E-state index in [2.05, 4.69) is 20.1 Å². The number of alkyl halides is 3. The van der Waals surface area contributed by atoms with Crippen LogP contribution in [-0.4, -0.2) is 20.8 Å². The summed E-state index contributed by atoms with van der Waals surface area (Å²) in [7, 11) is -4.21. The van der Waals surface area contributed by atoms with Gasteiger partial charge in [-0.25, -0.2) is 13.2 Å². The Morgan fingerprint density at radius 2 is 1.39 bits per heavy atom. The minimum atomic E-state index is -4.95. The van der Waals surface area contributed by atoms with E-state index < -0.39 is 33.1 Å². The van der Waals surface area contributed by atoms with Gasteiger partial charge < -0.3 is 15.4 Å². The van der Waals surface area contributed by atoms with E-state index in [0.29, 0.717) is 11.4 Å². The Labute approximate surface area is 175 Å². The predicted octanol–water partition coefficient (Wildman–Crippen LogP) is 5.03. The van der Waals surface area contributed by atoms with E-state index in [4.69, 9.17) is 0 Å². The fourth-order valence-corrected chi connectivity index (χ4v) is 3.61. The Morgan fingerprint density at radius 3 is 2.10 bits per heavy atom. The Balaban J connectivity index is 1.71. The summed E-state index contributed by atoms with van der Waals surface area (Å²) in [5.74, 6) is -0.664. The van der Waals surface area contributed by atoms with Crippen LogP contribution in [0.15, 0.2) is 83.8 Å². The molecule has 0 aliphatic carbocycles. The van der Waals surface area contributed by atoms with Gasteiger partial charge in [0.1, 0.15) is 5.75 Å². The highest BCUT2D eigenvalue weighted by Crippen LogP contribution is 2.26. The van der Waals surface area contributed by atoms with Gasteiger partial charge in [0.15, 0.2) is 0 Å². The summed E-state index contributed by atoms with van der Waals surface area (Å²) in [6.45, 7) is 0. The maximum Gasteiger partial charge on any atom is 0.573 e. The van der Waals surface area contributed by atoms with Crippen LogP contribution in [0.25, 0.3) is 0 Å². The van der Waals surface area contributed by atoms with Crippen LogP contribution >= 0.6 is 0 Å². The average Bonchev–Trinajstić information content (AvgIpc) is 2.67. The number of rotatable bonds is 6. The highest BCUT2D eigenvalue weighted by molar-refractivity contribution is 7.92. The van der Waals surface area contributed by atoms with Gasteiger partial charge in [-0.15, -0.1) is 13.2 Å². The topological polar surface area (TPSA) is 96.5 Å². The zero-order valence-electron chi connectivity index (χ0n) is 15.7. The largest absolute Gasteiger partial charge is 0.573 e. The van der Waals surface area contributed by atoms with Crippen molar-refractivity contribution in [2.75, 3.05) is 15.4 Å². The molecule has 7 nitrogen and oxygen atoms in total. The fourth-order valence-electron chi connectivity index (χ4n) is 2.53. The summed E-state index contributed by atoms with van der Waals surface area (Å²) in [6, 6.07) is 18.0. The molecule has 0 radical (unpaired) electrons. The number of ether oxygens (including phenoxy) is 1. The zero-order valence-corrected chi connectivity index (χ0v) is 16.5. The molecule has 0 aliphatic heterocycles. The van der Waals surface area contributed by atoms with E-state index in [1.807, 2.05) is 0 Å². The smallest absolute Gasteiger partial charge is 0.406 e. The molecule has 2 amide bonds. The number of hydrogen-bond acceptors (Lipinski definition) is 4. The number of nitrogens with one attached hydrogen (secondary N) is 3. The first-order valence-corrected chi connectivity index (χ1v) is 10.2. The van der Waals surface area contributed by atoms with Crippen LogP contribution in [0.3, 0.4) is 0 Å². The first kappa shape index (κ1) is 22.0. The van der Waals surface area contributed by atoms with Crippen LogP contribution in [0.4, 0.5) is 35.0 Å². The third-order valence-corrected chi connectivity index (χ3v) is 5.13. The van der Waals surface area contributed by atoms with Crippen molar-refractivity contribution in [3.63, 3.8) is 0 Å². The number of sulfonamides is 1. The lowest BCUT2D eigenvalue weighted by Gasteiger charge is -2.13. The van der Waals surface area contributed by atoms with Gasteiger partial charge in [-0.2, -0.15) is 0 Å². The highest BCUT2D eigenvalue weighted by atomic mass is 32.2. The summed E-state index contributed by atoms with van der Waals surface area (Å²) >= 11 is 0. The standard InChI is InChI=1S/C20H16F3N3O4S/c21-20(22,23)30-17-10-5-11-18(13-17)31(28,29)26-16-9-4-8-15(12-16)25-19(27)24-14-6-2-1-3-7-14/h1-13,26H,(H2,24,25,27). The second kappa shape index (κ2) is 8.96. The van der Waals surface area contributed by atoms with Gasteiger partial charge in [-0.3, -0.25) is 4.72 Å². The van der Waals surface area contributed by atoms with Crippen molar-refractivity contribution in [3.05, 3.63) is 78.9 Å². The van der Waals surface area contributed by atoms with Gasteiger partial charge in [-0.1, -0.05) is 30.3 Å². The third kappa shape index (κ3) is 6.64. The van der Waals surface area contributed by atoms with Gasteiger partial charge >= 0.3 is 12.4 Å². The molecule has 0 heterocycles. The van der Waals surface area contributed by atoms with E-state index in [1.54, 1.807) is 36.4 Å². The number of hydrogen-bond donors (Lipinski definition) is 3. The highest BCUT2D eigenvalue weighted by Gasteiger charge is 2.31. The van der Waals surface area contributed by atoms with Crippen LogP contribution in [0.2, 0.25) is 0 Å². The predicted molar refractivity (Wildman–Crippen MR) is 109 cm³/mol. The SMILES string of the molecule is O=C(Nc1ccccc1)Nc1cccc(NS(=O)(=O)c2cccc(OC(F)(F)F)c2)c1.